The topological polar surface area (TPSA) is 69.7 Å². The summed E-state index contributed by atoms with van der Waals surface area (Å²) < 4.78 is 26.6. The first kappa shape index (κ1) is 13.8. The molecule has 2 fully saturated rings. The Hall–Kier alpha value is -0.660. The van der Waals surface area contributed by atoms with Crippen LogP contribution in [0.3, 0.4) is 0 Å². The maximum absolute atomic E-state index is 12.0. The van der Waals surface area contributed by atoms with E-state index < -0.39 is 10.2 Å². The second kappa shape index (κ2) is 5.14. The molecule has 1 saturated heterocycles. The number of carbonyl (C=O) groups excluding carboxylic acids is 1. The highest BCUT2D eigenvalue weighted by molar-refractivity contribution is 7.86. The van der Waals surface area contributed by atoms with E-state index in [-0.39, 0.29) is 11.8 Å². The van der Waals surface area contributed by atoms with E-state index in [1.165, 1.54) is 22.7 Å². The van der Waals surface area contributed by atoms with Gasteiger partial charge in [-0.25, -0.2) is 0 Å². The molecule has 0 unspecified atom stereocenters. The summed E-state index contributed by atoms with van der Waals surface area (Å²) in [5.74, 6) is -0.190. The molecule has 1 atom stereocenters. The molecular weight excluding hydrogens is 254 g/mol. The highest BCUT2D eigenvalue weighted by Gasteiger charge is 2.35. The highest BCUT2D eigenvalue weighted by atomic mass is 32.2. The van der Waals surface area contributed by atoms with Gasteiger partial charge in [0.25, 0.3) is 10.2 Å². The van der Waals surface area contributed by atoms with Gasteiger partial charge in [0.2, 0.25) is 5.91 Å². The van der Waals surface area contributed by atoms with Crippen molar-refractivity contribution < 1.29 is 13.2 Å². The maximum Gasteiger partial charge on any atom is 0.281 e. The smallest absolute Gasteiger partial charge is 0.281 e. The SMILES string of the molecule is CN(C)S(=O)(=O)N1CCC[C@H](C(=O)NC2CC2)C1. The third-order valence-electron chi connectivity index (χ3n) is 3.47. The first-order valence-electron chi connectivity index (χ1n) is 6.39. The van der Waals surface area contributed by atoms with E-state index in [4.69, 9.17) is 0 Å². The van der Waals surface area contributed by atoms with Gasteiger partial charge in [-0.1, -0.05) is 0 Å². The molecule has 0 radical (unpaired) electrons. The van der Waals surface area contributed by atoms with Gasteiger partial charge in [0.1, 0.15) is 0 Å². The lowest BCUT2D eigenvalue weighted by molar-refractivity contribution is -0.126. The van der Waals surface area contributed by atoms with Crippen molar-refractivity contribution in [3.05, 3.63) is 0 Å². The summed E-state index contributed by atoms with van der Waals surface area (Å²) in [5, 5.41) is 2.95. The Morgan fingerprint density at radius 2 is 1.94 bits per heavy atom. The van der Waals surface area contributed by atoms with Crippen molar-refractivity contribution in [1.82, 2.24) is 13.9 Å². The summed E-state index contributed by atoms with van der Waals surface area (Å²) in [6.45, 7) is 0.812. The third-order valence-corrected chi connectivity index (χ3v) is 5.37. The van der Waals surface area contributed by atoms with Crippen LogP contribution in [0, 0.1) is 5.92 Å². The number of nitrogens with one attached hydrogen (secondary N) is 1. The quantitative estimate of drug-likeness (QED) is 0.771. The number of nitrogens with zero attached hydrogens (tertiary/aromatic N) is 2. The molecule has 1 amide bonds. The molecule has 104 valence electrons. The monoisotopic (exact) mass is 275 g/mol. The molecular formula is C11H21N3O3S. The van der Waals surface area contributed by atoms with Crippen molar-refractivity contribution in [2.75, 3.05) is 27.2 Å². The molecule has 1 saturated carbocycles. The molecule has 6 nitrogen and oxygen atoms in total. The van der Waals surface area contributed by atoms with Gasteiger partial charge in [-0.05, 0) is 25.7 Å². The van der Waals surface area contributed by atoms with Crippen molar-refractivity contribution in [1.29, 1.82) is 0 Å². The largest absolute Gasteiger partial charge is 0.353 e. The predicted octanol–water partition coefficient (Wildman–Crippen LogP) is -0.217. The van der Waals surface area contributed by atoms with Crippen LogP contribution in [-0.2, 0) is 15.0 Å². The average Bonchev–Trinajstić information content (AvgIpc) is 3.13. The maximum atomic E-state index is 12.0. The molecule has 7 heteroatoms. The molecule has 1 N–H and O–H groups in total. The van der Waals surface area contributed by atoms with Gasteiger partial charge < -0.3 is 5.32 Å². The van der Waals surface area contributed by atoms with E-state index in [1.54, 1.807) is 0 Å². The zero-order chi connectivity index (χ0) is 13.3. The van der Waals surface area contributed by atoms with Gasteiger partial charge in [0, 0.05) is 33.2 Å². The lowest BCUT2D eigenvalue weighted by Gasteiger charge is -2.32. The number of amides is 1. The van der Waals surface area contributed by atoms with Crippen LogP contribution in [-0.4, -0.2) is 56.2 Å². The Kier molecular flexibility index (Phi) is 3.93. The van der Waals surface area contributed by atoms with Gasteiger partial charge in [-0.15, -0.1) is 0 Å². The van der Waals surface area contributed by atoms with Gasteiger partial charge >= 0.3 is 0 Å². The minimum Gasteiger partial charge on any atom is -0.353 e. The van der Waals surface area contributed by atoms with Crippen LogP contribution >= 0.6 is 0 Å². The molecule has 1 aliphatic heterocycles. The third kappa shape index (κ3) is 3.02. The Morgan fingerprint density at radius 3 is 2.50 bits per heavy atom. The highest BCUT2D eigenvalue weighted by Crippen LogP contribution is 2.23. The first-order chi connectivity index (χ1) is 8.41. The normalized spacial score (nSPS) is 26.3. The molecule has 18 heavy (non-hydrogen) atoms. The van der Waals surface area contributed by atoms with E-state index >= 15 is 0 Å². The summed E-state index contributed by atoms with van der Waals surface area (Å²) in [5.41, 5.74) is 0. The van der Waals surface area contributed by atoms with Crippen molar-refractivity contribution >= 4 is 16.1 Å². The molecule has 0 spiro atoms. The predicted molar refractivity (Wildman–Crippen MR) is 68.1 cm³/mol. The molecule has 0 bridgehead atoms. The Balaban J connectivity index is 1.97. The number of carbonyl (C=O) groups is 1. The number of piperidine rings is 1. The number of rotatable bonds is 4. The molecule has 1 aliphatic carbocycles. The lowest BCUT2D eigenvalue weighted by atomic mass is 9.99. The van der Waals surface area contributed by atoms with Gasteiger partial charge in [0.15, 0.2) is 0 Å². The average molecular weight is 275 g/mol. The summed E-state index contributed by atoms with van der Waals surface area (Å²) >= 11 is 0. The fourth-order valence-corrected chi connectivity index (χ4v) is 3.33. The second-order valence-corrected chi connectivity index (χ2v) is 7.41. The van der Waals surface area contributed by atoms with E-state index in [1.807, 2.05) is 0 Å². The molecule has 0 aromatic carbocycles. The van der Waals surface area contributed by atoms with Crippen molar-refractivity contribution in [3.63, 3.8) is 0 Å². The molecule has 0 aromatic heterocycles. The minimum absolute atomic E-state index is 0.0103. The van der Waals surface area contributed by atoms with Crippen LogP contribution in [0.2, 0.25) is 0 Å². The van der Waals surface area contributed by atoms with Crippen molar-refractivity contribution in [2.24, 2.45) is 5.92 Å². The summed E-state index contributed by atoms with van der Waals surface area (Å²) in [6, 6.07) is 0.332. The van der Waals surface area contributed by atoms with Crippen molar-refractivity contribution in [2.45, 2.75) is 31.7 Å². The molecule has 2 rings (SSSR count). The van der Waals surface area contributed by atoms with Crippen LogP contribution in [0.15, 0.2) is 0 Å². The Morgan fingerprint density at radius 1 is 1.28 bits per heavy atom. The van der Waals surface area contributed by atoms with E-state index in [2.05, 4.69) is 5.32 Å². The summed E-state index contributed by atoms with van der Waals surface area (Å²) in [7, 11) is -0.358. The fourth-order valence-electron chi connectivity index (χ4n) is 2.14. The minimum atomic E-state index is -3.39. The summed E-state index contributed by atoms with van der Waals surface area (Å²) in [6.07, 6.45) is 3.63. The van der Waals surface area contributed by atoms with Crippen LogP contribution in [0.1, 0.15) is 25.7 Å². The van der Waals surface area contributed by atoms with Crippen LogP contribution < -0.4 is 5.32 Å². The van der Waals surface area contributed by atoms with E-state index in [0.717, 1.165) is 25.7 Å². The van der Waals surface area contributed by atoms with Crippen LogP contribution in [0.4, 0.5) is 0 Å². The van der Waals surface area contributed by atoms with E-state index in [0.29, 0.717) is 19.1 Å². The molecule has 1 heterocycles. The fraction of sp³-hybridized carbons (Fsp3) is 0.909. The van der Waals surface area contributed by atoms with Crippen LogP contribution in [0.25, 0.3) is 0 Å². The van der Waals surface area contributed by atoms with Gasteiger partial charge in [-0.3, -0.25) is 4.79 Å². The Bertz CT molecular complexity index is 417. The van der Waals surface area contributed by atoms with Crippen LogP contribution in [0.5, 0.6) is 0 Å². The van der Waals surface area contributed by atoms with Crippen molar-refractivity contribution in [3.8, 4) is 0 Å². The second-order valence-electron chi connectivity index (χ2n) is 5.27. The van der Waals surface area contributed by atoms with E-state index in [9.17, 15) is 13.2 Å². The number of hydrogen-bond donors (Lipinski definition) is 1. The first-order valence-corrected chi connectivity index (χ1v) is 7.79. The zero-order valence-electron chi connectivity index (χ0n) is 10.9. The van der Waals surface area contributed by atoms with Gasteiger partial charge in [-0.2, -0.15) is 17.0 Å². The summed E-state index contributed by atoms with van der Waals surface area (Å²) in [4.78, 5) is 11.9. The van der Waals surface area contributed by atoms with Gasteiger partial charge in [0.05, 0.1) is 5.92 Å². The Labute approximate surface area is 109 Å². The zero-order valence-corrected chi connectivity index (χ0v) is 11.7. The molecule has 0 aromatic rings. The number of hydrogen-bond acceptors (Lipinski definition) is 3. The molecule has 2 aliphatic rings. The lowest BCUT2D eigenvalue weighted by Crippen LogP contribution is -2.49. The standard InChI is InChI=1S/C11H21N3O3S/c1-13(2)18(16,17)14-7-3-4-9(8-14)11(15)12-10-5-6-10/h9-10H,3-8H2,1-2H3,(H,12,15)/t9-/m0/s1.